The monoisotopic (exact) mass is 360 g/mol. The summed E-state index contributed by atoms with van der Waals surface area (Å²) in [4.78, 5) is 12.4. The van der Waals surface area contributed by atoms with Gasteiger partial charge in [0.15, 0.2) is 0 Å². The summed E-state index contributed by atoms with van der Waals surface area (Å²) in [6.45, 7) is 7.81. The number of anilines is 1. The Morgan fingerprint density at radius 3 is 2.08 bits per heavy atom. The van der Waals surface area contributed by atoms with Crippen LogP contribution in [0.25, 0.3) is 0 Å². The maximum Gasteiger partial charge on any atom is 0.261 e. The standard InChI is InChI=1S/C19H24N2O3S/c1-5-19(3,4)20-18(22)15-8-10-16(11-9-15)21-25(23,24)17-12-6-14(2)7-13-17/h6-13,21H,5H2,1-4H3,(H,20,22). The number of sulfonamides is 1. The second-order valence-electron chi connectivity index (χ2n) is 6.69. The highest BCUT2D eigenvalue weighted by Crippen LogP contribution is 2.18. The lowest BCUT2D eigenvalue weighted by molar-refractivity contribution is 0.0911. The molecule has 0 saturated carbocycles. The van der Waals surface area contributed by atoms with Crippen molar-refractivity contribution in [1.29, 1.82) is 0 Å². The van der Waals surface area contributed by atoms with Crippen molar-refractivity contribution in [3.05, 3.63) is 59.7 Å². The Labute approximate surface area is 149 Å². The third kappa shape index (κ3) is 5.06. The highest BCUT2D eigenvalue weighted by Gasteiger charge is 2.19. The van der Waals surface area contributed by atoms with Gasteiger partial charge in [0.1, 0.15) is 0 Å². The smallest absolute Gasteiger partial charge is 0.261 e. The molecule has 0 bridgehead atoms. The van der Waals surface area contributed by atoms with Gasteiger partial charge in [-0.1, -0.05) is 24.6 Å². The van der Waals surface area contributed by atoms with Gasteiger partial charge in [0.05, 0.1) is 4.90 Å². The van der Waals surface area contributed by atoms with Crippen LogP contribution in [-0.4, -0.2) is 19.9 Å². The average Bonchev–Trinajstić information content (AvgIpc) is 2.55. The van der Waals surface area contributed by atoms with E-state index in [4.69, 9.17) is 0 Å². The summed E-state index contributed by atoms with van der Waals surface area (Å²) in [6, 6.07) is 13.0. The van der Waals surface area contributed by atoms with Crippen LogP contribution in [0.4, 0.5) is 5.69 Å². The van der Waals surface area contributed by atoms with Crippen LogP contribution < -0.4 is 10.0 Å². The largest absolute Gasteiger partial charge is 0.347 e. The third-order valence-electron chi connectivity index (χ3n) is 4.07. The Balaban J connectivity index is 2.12. The minimum atomic E-state index is -3.65. The summed E-state index contributed by atoms with van der Waals surface area (Å²) >= 11 is 0. The minimum absolute atomic E-state index is 0.181. The molecule has 0 fully saturated rings. The van der Waals surface area contributed by atoms with Gasteiger partial charge in [-0.2, -0.15) is 0 Å². The summed E-state index contributed by atoms with van der Waals surface area (Å²) in [7, 11) is -3.65. The molecule has 25 heavy (non-hydrogen) atoms. The van der Waals surface area contributed by atoms with E-state index in [1.54, 1.807) is 48.5 Å². The molecular weight excluding hydrogens is 336 g/mol. The van der Waals surface area contributed by atoms with Gasteiger partial charge in [-0.25, -0.2) is 8.42 Å². The number of carbonyl (C=O) groups is 1. The summed E-state index contributed by atoms with van der Waals surface area (Å²) in [6.07, 6.45) is 0.813. The third-order valence-corrected chi connectivity index (χ3v) is 5.46. The predicted molar refractivity (Wildman–Crippen MR) is 100 cm³/mol. The first-order valence-corrected chi connectivity index (χ1v) is 9.63. The number of aryl methyl sites for hydroxylation is 1. The lowest BCUT2D eigenvalue weighted by atomic mass is 10.0. The Morgan fingerprint density at radius 2 is 1.56 bits per heavy atom. The SMILES string of the molecule is CCC(C)(C)NC(=O)c1ccc(NS(=O)(=O)c2ccc(C)cc2)cc1. The Morgan fingerprint density at radius 1 is 1.00 bits per heavy atom. The van der Waals surface area contributed by atoms with Crippen molar-refractivity contribution in [3.8, 4) is 0 Å². The van der Waals surface area contributed by atoms with Crippen molar-refractivity contribution in [1.82, 2.24) is 5.32 Å². The normalized spacial score (nSPS) is 11.8. The molecule has 0 atom stereocenters. The number of amides is 1. The Hall–Kier alpha value is -2.34. The van der Waals surface area contributed by atoms with Gasteiger partial charge in [-0.15, -0.1) is 0 Å². The zero-order valence-corrected chi connectivity index (χ0v) is 15.8. The van der Waals surface area contributed by atoms with Crippen LogP contribution in [0.3, 0.4) is 0 Å². The van der Waals surface area contributed by atoms with Crippen LogP contribution in [0.1, 0.15) is 43.1 Å². The lowest BCUT2D eigenvalue weighted by Crippen LogP contribution is -2.42. The van der Waals surface area contributed by atoms with E-state index in [9.17, 15) is 13.2 Å². The van der Waals surface area contributed by atoms with Crippen molar-refractivity contribution in [2.45, 2.75) is 44.6 Å². The molecule has 0 aliphatic carbocycles. The van der Waals surface area contributed by atoms with E-state index in [0.29, 0.717) is 11.3 Å². The first kappa shape index (κ1) is 19.0. The van der Waals surface area contributed by atoms with Crippen molar-refractivity contribution in [2.75, 3.05) is 4.72 Å². The molecule has 0 unspecified atom stereocenters. The van der Waals surface area contributed by atoms with Gasteiger partial charge in [0, 0.05) is 16.8 Å². The zero-order valence-electron chi connectivity index (χ0n) is 15.0. The van der Waals surface area contributed by atoms with Crippen LogP contribution in [-0.2, 0) is 10.0 Å². The summed E-state index contributed by atoms with van der Waals surface area (Å²) in [5.41, 5.74) is 1.60. The number of carbonyl (C=O) groups excluding carboxylic acids is 1. The van der Waals surface area contributed by atoms with Gasteiger partial charge in [-0.05, 0) is 63.6 Å². The predicted octanol–water partition coefficient (Wildman–Crippen LogP) is 3.71. The van der Waals surface area contributed by atoms with E-state index >= 15 is 0 Å². The number of benzene rings is 2. The van der Waals surface area contributed by atoms with Crippen molar-refractivity contribution in [3.63, 3.8) is 0 Å². The molecule has 0 aliphatic heterocycles. The van der Waals surface area contributed by atoms with E-state index in [-0.39, 0.29) is 16.3 Å². The molecule has 0 radical (unpaired) electrons. The molecule has 0 aromatic heterocycles. The fraction of sp³-hybridized carbons (Fsp3) is 0.316. The van der Waals surface area contributed by atoms with E-state index < -0.39 is 10.0 Å². The minimum Gasteiger partial charge on any atom is -0.347 e. The topological polar surface area (TPSA) is 75.3 Å². The fourth-order valence-electron chi connectivity index (χ4n) is 2.09. The molecule has 2 aromatic rings. The van der Waals surface area contributed by atoms with Crippen LogP contribution in [0, 0.1) is 6.92 Å². The summed E-state index contributed by atoms with van der Waals surface area (Å²) in [5, 5.41) is 2.94. The van der Waals surface area contributed by atoms with E-state index in [2.05, 4.69) is 10.0 Å². The second kappa shape index (κ2) is 7.27. The molecule has 0 spiro atoms. The highest BCUT2D eigenvalue weighted by atomic mass is 32.2. The van der Waals surface area contributed by atoms with Gasteiger partial charge in [-0.3, -0.25) is 9.52 Å². The molecule has 0 heterocycles. The maximum atomic E-state index is 12.4. The maximum absolute atomic E-state index is 12.4. The number of nitrogens with one attached hydrogen (secondary N) is 2. The molecular formula is C19H24N2O3S. The molecule has 6 heteroatoms. The summed E-state index contributed by atoms with van der Waals surface area (Å²) in [5.74, 6) is -0.181. The molecule has 2 aromatic carbocycles. The first-order valence-electron chi connectivity index (χ1n) is 8.15. The second-order valence-corrected chi connectivity index (χ2v) is 8.37. The van der Waals surface area contributed by atoms with E-state index in [1.807, 2.05) is 27.7 Å². The van der Waals surface area contributed by atoms with E-state index in [0.717, 1.165) is 12.0 Å². The number of hydrogen-bond donors (Lipinski definition) is 2. The van der Waals surface area contributed by atoms with Gasteiger partial charge in [0.2, 0.25) is 0 Å². The van der Waals surface area contributed by atoms with Crippen LogP contribution in [0.5, 0.6) is 0 Å². The van der Waals surface area contributed by atoms with Crippen molar-refractivity contribution in [2.24, 2.45) is 0 Å². The quantitative estimate of drug-likeness (QED) is 0.824. The molecule has 134 valence electrons. The Bertz CT molecular complexity index is 839. The molecule has 1 amide bonds. The van der Waals surface area contributed by atoms with Gasteiger partial charge in [0.25, 0.3) is 15.9 Å². The lowest BCUT2D eigenvalue weighted by Gasteiger charge is -2.24. The fourth-order valence-corrected chi connectivity index (χ4v) is 3.15. The van der Waals surface area contributed by atoms with Crippen molar-refractivity contribution < 1.29 is 13.2 Å². The van der Waals surface area contributed by atoms with Crippen LogP contribution in [0.2, 0.25) is 0 Å². The molecule has 5 nitrogen and oxygen atoms in total. The first-order chi connectivity index (χ1) is 11.6. The van der Waals surface area contributed by atoms with E-state index in [1.165, 1.54) is 0 Å². The average molecular weight is 360 g/mol. The molecule has 2 N–H and O–H groups in total. The van der Waals surface area contributed by atoms with Crippen LogP contribution >= 0.6 is 0 Å². The Kier molecular flexibility index (Phi) is 5.52. The summed E-state index contributed by atoms with van der Waals surface area (Å²) < 4.78 is 27.3. The molecule has 0 saturated heterocycles. The van der Waals surface area contributed by atoms with Gasteiger partial charge >= 0.3 is 0 Å². The van der Waals surface area contributed by atoms with Crippen LogP contribution in [0.15, 0.2) is 53.4 Å². The molecule has 2 rings (SSSR count). The zero-order chi connectivity index (χ0) is 18.7. The number of hydrogen-bond acceptors (Lipinski definition) is 3. The van der Waals surface area contributed by atoms with Crippen molar-refractivity contribution >= 4 is 21.6 Å². The van der Waals surface area contributed by atoms with Gasteiger partial charge < -0.3 is 5.32 Å². The molecule has 0 aliphatic rings. The number of rotatable bonds is 6. The highest BCUT2D eigenvalue weighted by molar-refractivity contribution is 7.92.